The Bertz CT molecular complexity index is 447. The van der Waals surface area contributed by atoms with E-state index in [4.69, 9.17) is 0 Å². The molecular weight excluding hydrogens is 260 g/mol. The van der Waals surface area contributed by atoms with Crippen LogP contribution in [-0.2, 0) is 0 Å². The van der Waals surface area contributed by atoms with Crippen molar-refractivity contribution in [2.75, 3.05) is 19.6 Å². The summed E-state index contributed by atoms with van der Waals surface area (Å²) < 4.78 is 3.85. The van der Waals surface area contributed by atoms with Gasteiger partial charge in [0.1, 0.15) is 4.88 Å². The van der Waals surface area contributed by atoms with E-state index in [1.807, 2.05) is 11.8 Å². The van der Waals surface area contributed by atoms with Crippen LogP contribution in [0.5, 0.6) is 0 Å². The van der Waals surface area contributed by atoms with E-state index < -0.39 is 0 Å². The first-order chi connectivity index (χ1) is 9.25. The van der Waals surface area contributed by atoms with Gasteiger partial charge in [0.2, 0.25) is 0 Å². The molecule has 2 saturated heterocycles. The highest BCUT2D eigenvalue weighted by molar-refractivity contribution is 7.07. The highest BCUT2D eigenvalue weighted by atomic mass is 32.1. The van der Waals surface area contributed by atoms with E-state index in [1.165, 1.54) is 24.4 Å². The smallest absolute Gasteiger partial charge is 0.267 e. The number of hydrogen-bond donors (Lipinski definition) is 1. The van der Waals surface area contributed by atoms with Crippen LogP contribution < -0.4 is 5.32 Å². The Hall–Kier alpha value is -1.01. The Balaban J connectivity index is 1.58. The minimum Gasteiger partial charge on any atom is -0.338 e. The topological polar surface area (TPSA) is 58.1 Å². The molecule has 2 aliphatic rings. The number of aryl methyl sites for hydroxylation is 1. The lowest BCUT2D eigenvalue weighted by molar-refractivity contribution is 0.0678. The summed E-state index contributed by atoms with van der Waals surface area (Å²) in [6.45, 7) is 4.76. The molecule has 19 heavy (non-hydrogen) atoms. The van der Waals surface area contributed by atoms with Crippen molar-refractivity contribution in [3.05, 3.63) is 10.6 Å². The van der Waals surface area contributed by atoms with E-state index >= 15 is 0 Å². The van der Waals surface area contributed by atoms with Crippen LogP contribution in [0.15, 0.2) is 0 Å². The number of nitrogens with zero attached hydrogens (tertiary/aromatic N) is 3. The van der Waals surface area contributed by atoms with E-state index in [1.54, 1.807) is 0 Å². The predicted molar refractivity (Wildman–Crippen MR) is 74.3 cm³/mol. The summed E-state index contributed by atoms with van der Waals surface area (Å²) in [6, 6.07) is 0.684. The van der Waals surface area contributed by atoms with E-state index in [2.05, 4.69) is 14.9 Å². The summed E-state index contributed by atoms with van der Waals surface area (Å²) in [5.41, 5.74) is 0.759. The first kappa shape index (κ1) is 13.0. The molecule has 0 spiro atoms. The fourth-order valence-corrected chi connectivity index (χ4v) is 3.82. The molecule has 6 heteroatoms. The Morgan fingerprint density at radius 1 is 1.37 bits per heavy atom. The Morgan fingerprint density at radius 2 is 2.16 bits per heavy atom. The lowest BCUT2D eigenvalue weighted by atomic mass is 9.88. The largest absolute Gasteiger partial charge is 0.338 e. The third-order valence-corrected chi connectivity index (χ3v) is 5.16. The molecule has 3 heterocycles. The number of nitrogens with one attached hydrogen (secondary N) is 1. The lowest BCUT2D eigenvalue weighted by Gasteiger charge is -2.34. The Morgan fingerprint density at radius 3 is 2.74 bits per heavy atom. The molecule has 0 aromatic carbocycles. The molecular formula is C13H20N4OS. The minimum atomic E-state index is 0.116. The quantitative estimate of drug-likeness (QED) is 0.891. The van der Waals surface area contributed by atoms with Crippen LogP contribution in [0, 0.1) is 12.8 Å². The van der Waals surface area contributed by atoms with Gasteiger partial charge in [-0.05, 0) is 56.6 Å². The van der Waals surface area contributed by atoms with Crippen molar-refractivity contribution in [3.63, 3.8) is 0 Å². The van der Waals surface area contributed by atoms with Gasteiger partial charge in [0.05, 0.1) is 5.69 Å². The first-order valence-corrected chi connectivity index (χ1v) is 7.84. The predicted octanol–water partition coefficient (Wildman–Crippen LogP) is 1.45. The molecule has 0 aliphatic carbocycles. The highest BCUT2D eigenvalue weighted by Crippen LogP contribution is 2.26. The molecule has 1 amide bonds. The number of aromatic nitrogens is 2. The molecule has 1 aromatic rings. The van der Waals surface area contributed by atoms with Crippen molar-refractivity contribution in [3.8, 4) is 0 Å². The molecule has 0 saturated carbocycles. The lowest BCUT2D eigenvalue weighted by Crippen LogP contribution is -2.43. The summed E-state index contributed by atoms with van der Waals surface area (Å²) in [4.78, 5) is 15.0. The normalized spacial score (nSPS) is 24.9. The molecule has 1 unspecified atom stereocenters. The monoisotopic (exact) mass is 280 g/mol. The van der Waals surface area contributed by atoms with Gasteiger partial charge in [0, 0.05) is 19.1 Å². The molecule has 2 aliphatic heterocycles. The summed E-state index contributed by atoms with van der Waals surface area (Å²) in [7, 11) is 0. The van der Waals surface area contributed by atoms with Crippen LogP contribution in [0.1, 0.15) is 41.0 Å². The van der Waals surface area contributed by atoms with Gasteiger partial charge in [0.15, 0.2) is 0 Å². The van der Waals surface area contributed by atoms with Gasteiger partial charge in [-0.25, -0.2) is 0 Å². The van der Waals surface area contributed by atoms with Crippen molar-refractivity contribution in [2.45, 2.75) is 38.6 Å². The number of hydrogen-bond acceptors (Lipinski definition) is 5. The fraction of sp³-hybridized carbons (Fsp3) is 0.769. The van der Waals surface area contributed by atoms with Crippen molar-refractivity contribution in [1.29, 1.82) is 0 Å². The van der Waals surface area contributed by atoms with Crippen LogP contribution in [0.4, 0.5) is 0 Å². The number of rotatable bonds is 2. The van der Waals surface area contributed by atoms with Crippen LogP contribution in [0.3, 0.4) is 0 Å². The van der Waals surface area contributed by atoms with Gasteiger partial charge in [-0.15, -0.1) is 5.10 Å². The summed E-state index contributed by atoms with van der Waals surface area (Å²) in [6.07, 6.45) is 4.84. The third kappa shape index (κ3) is 2.65. The molecule has 0 bridgehead atoms. The molecule has 2 fully saturated rings. The van der Waals surface area contributed by atoms with Crippen molar-refractivity contribution in [1.82, 2.24) is 19.8 Å². The van der Waals surface area contributed by atoms with Gasteiger partial charge in [-0.3, -0.25) is 4.79 Å². The Labute approximate surface area is 117 Å². The van der Waals surface area contributed by atoms with Gasteiger partial charge >= 0.3 is 0 Å². The van der Waals surface area contributed by atoms with Gasteiger partial charge < -0.3 is 10.2 Å². The molecule has 104 valence electrons. The second-order valence-corrected chi connectivity index (χ2v) is 6.27. The SMILES string of the molecule is Cc1nnsc1C(=O)N1CCC(C2CCCN2)CC1. The standard InChI is InChI=1S/C13H20N4OS/c1-9-12(19-16-15-9)13(18)17-7-4-10(5-8-17)11-3-2-6-14-11/h10-11,14H,2-8H2,1H3. The van der Waals surface area contributed by atoms with Crippen molar-refractivity contribution >= 4 is 17.4 Å². The van der Waals surface area contributed by atoms with Crippen LogP contribution in [0.2, 0.25) is 0 Å². The zero-order chi connectivity index (χ0) is 13.2. The van der Waals surface area contributed by atoms with E-state index in [0.717, 1.165) is 44.1 Å². The number of likely N-dealkylation sites (tertiary alicyclic amines) is 1. The molecule has 0 radical (unpaired) electrons. The van der Waals surface area contributed by atoms with Crippen molar-refractivity contribution in [2.24, 2.45) is 5.92 Å². The number of piperidine rings is 1. The highest BCUT2D eigenvalue weighted by Gasteiger charge is 2.31. The maximum absolute atomic E-state index is 12.4. The molecule has 1 aromatic heterocycles. The maximum atomic E-state index is 12.4. The minimum absolute atomic E-state index is 0.116. The molecule has 5 nitrogen and oxygen atoms in total. The zero-order valence-corrected chi connectivity index (χ0v) is 12.1. The third-order valence-electron chi connectivity index (χ3n) is 4.34. The average molecular weight is 280 g/mol. The summed E-state index contributed by atoms with van der Waals surface area (Å²) >= 11 is 1.21. The maximum Gasteiger partial charge on any atom is 0.267 e. The first-order valence-electron chi connectivity index (χ1n) is 7.07. The molecule has 3 rings (SSSR count). The summed E-state index contributed by atoms with van der Waals surface area (Å²) in [5, 5.41) is 7.51. The van der Waals surface area contributed by atoms with E-state index in [9.17, 15) is 4.79 Å². The Kier molecular flexibility index (Phi) is 3.79. The van der Waals surface area contributed by atoms with Gasteiger partial charge in [0.25, 0.3) is 5.91 Å². The van der Waals surface area contributed by atoms with E-state index in [0.29, 0.717) is 10.9 Å². The average Bonchev–Trinajstić information content (AvgIpc) is 3.09. The van der Waals surface area contributed by atoms with Gasteiger partial charge in [-0.2, -0.15) is 0 Å². The number of carbonyl (C=O) groups excluding carboxylic acids is 1. The van der Waals surface area contributed by atoms with Crippen molar-refractivity contribution < 1.29 is 4.79 Å². The molecule has 1 atom stereocenters. The fourth-order valence-electron chi connectivity index (χ4n) is 3.19. The summed E-state index contributed by atoms with van der Waals surface area (Å²) in [5.74, 6) is 0.859. The van der Waals surface area contributed by atoms with Crippen LogP contribution >= 0.6 is 11.5 Å². The molecule has 1 N–H and O–H groups in total. The zero-order valence-electron chi connectivity index (χ0n) is 11.3. The van der Waals surface area contributed by atoms with Gasteiger partial charge in [-0.1, -0.05) is 4.49 Å². The second-order valence-electron chi connectivity index (χ2n) is 5.52. The second kappa shape index (κ2) is 5.54. The number of carbonyl (C=O) groups is 1. The number of amides is 1. The van der Waals surface area contributed by atoms with E-state index in [-0.39, 0.29) is 5.91 Å². The van der Waals surface area contributed by atoms with Crippen LogP contribution in [0.25, 0.3) is 0 Å². The van der Waals surface area contributed by atoms with Crippen LogP contribution in [-0.4, -0.2) is 46.1 Å².